The number of aliphatic hydroxyl groups excluding tert-OH is 1. The van der Waals surface area contributed by atoms with Gasteiger partial charge in [0.2, 0.25) is 11.8 Å². The van der Waals surface area contributed by atoms with Crippen molar-refractivity contribution in [3.63, 3.8) is 0 Å². The molecular formula is C12H20N2O3. The lowest BCUT2D eigenvalue weighted by atomic mass is 10.0. The van der Waals surface area contributed by atoms with Crippen molar-refractivity contribution in [2.24, 2.45) is 11.8 Å². The number of aliphatic hydroxyl groups is 1. The van der Waals surface area contributed by atoms with Crippen molar-refractivity contribution in [3.8, 4) is 0 Å². The second-order valence-electron chi connectivity index (χ2n) is 5.22. The Balaban J connectivity index is 2.03. The highest BCUT2D eigenvalue weighted by molar-refractivity contribution is 5.89. The first-order valence-corrected chi connectivity index (χ1v) is 6.20. The Morgan fingerprint density at radius 1 is 1.53 bits per heavy atom. The van der Waals surface area contributed by atoms with Gasteiger partial charge < -0.3 is 14.9 Å². The number of likely N-dealkylation sites (tertiary alicyclic amines) is 2. The average Bonchev–Trinajstić information content (AvgIpc) is 2.82. The standard InChI is InChI=1S/C12H20N2O3/c1-8-3-4-14(10(8)7-15)12(17)9-5-11(16)13(2)6-9/h8-10,15H,3-7H2,1-2H3. The van der Waals surface area contributed by atoms with Gasteiger partial charge in [-0.15, -0.1) is 0 Å². The van der Waals surface area contributed by atoms with Crippen LogP contribution in [0.1, 0.15) is 19.8 Å². The van der Waals surface area contributed by atoms with E-state index in [4.69, 9.17) is 0 Å². The monoisotopic (exact) mass is 240 g/mol. The predicted octanol–water partition coefficient (Wildman–Crippen LogP) is -0.306. The molecule has 5 nitrogen and oxygen atoms in total. The van der Waals surface area contributed by atoms with Crippen LogP contribution >= 0.6 is 0 Å². The molecule has 0 aromatic heterocycles. The molecule has 0 saturated carbocycles. The SMILES string of the molecule is CC1CCN(C(=O)C2CC(=O)N(C)C2)C1CO. The summed E-state index contributed by atoms with van der Waals surface area (Å²) in [6, 6.07) is -0.0662. The maximum absolute atomic E-state index is 12.3. The summed E-state index contributed by atoms with van der Waals surface area (Å²) in [7, 11) is 1.73. The quantitative estimate of drug-likeness (QED) is 0.720. The number of carbonyl (C=O) groups is 2. The second-order valence-corrected chi connectivity index (χ2v) is 5.22. The Bertz CT molecular complexity index is 332. The van der Waals surface area contributed by atoms with Crippen molar-refractivity contribution < 1.29 is 14.7 Å². The van der Waals surface area contributed by atoms with Crippen LogP contribution < -0.4 is 0 Å². The van der Waals surface area contributed by atoms with E-state index in [-0.39, 0.29) is 30.4 Å². The van der Waals surface area contributed by atoms with E-state index in [1.807, 2.05) is 0 Å². The number of hydrogen-bond acceptors (Lipinski definition) is 3. The van der Waals surface area contributed by atoms with Gasteiger partial charge in [0.1, 0.15) is 0 Å². The van der Waals surface area contributed by atoms with Gasteiger partial charge in [-0.25, -0.2) is 0 Å². The molecule has 0 spiro atoms. The van der Waals surface area contributed by atoms with Crippen molar-refractivity contribution in [2.75, 3.05) is 26.7 Å². The topological polar surface area (TPSA) is 60.9 Å². The van der Waals surface area contributed by atoms with Gasteiger partial charge in [0, 0.05) is 26.6 Å². The van der Waals surface area contributed by atoms with Crippen molar-refractivity contribution in [3.05, 3.63) is 0 Å². The zero-order valence-corrected chi connectivity index (χ0v) is 10.4. The Kier molecular flexibility index (Phi) is 3.38. The molecule has 2 saturated heterocycles. The summed E-state index contributed by atoms with van der Waals surface area (Å²) in [6.07, 6.45) is 1.26. The van der Waals surface area contributed by atoms with Gasteiger partial charge in [0.15, 0.2) is 0 Å². The highest BCUT2D eigenvalue weighted by Crippen LogP contribution is 2.27. The van der Waals surface area contributed by atoms with Gasteiger partial charge in [-0.3, -0.25) is 9.59 Å². The fraction of sp³-hybridized carbons (Fsp3) is 0.833. The van der Waals surface area contributed by atoms with Crippen LogP contribution in [0.2, 0.25) is 0 Å². The lowest BCUT2D eigenvalue weighted by Gasteiger charge is -2.27. The minimum Gasteiger partial charge on any atom is -0.394 e. The van der Waals surface area contributed by atoms with E-state index < -0.39 is 0 Å². The Hall–Kier alpha value is -1.10. The third-order valence-corrected chi connectivity index (χ3v) is 4.04. The van der Waals surface area contributed by atoms with Crippen LogP contribution in [0.3, 0.4) is 0 Å². The second kappa shape index (κ2) is 4.64. The van der Waals surface area contributed by atoms with Crippen LogP contribution in [-0.2, 0) is 9.59 Å². The first kappa shape index (κ1) is 12.4. The Morgan fingerprint density at radius 2 is 2.24 bits per heavy atom. The zero-order chi connectivity index (χ0) is 12.6. The molecule has 3 atom stereocenters. The van der Waals surface area contributed by atoms with Crippen LogP contribution in [0.4, 0.5) is 0 Å². The zero-order valence-electron chi connectivity index (χ0n) is 10.4. The molecule has 2 fully saturated rings. The van der Waals surface area contributed by atoms with Crippen LogP contribution in [-0.4, -0.2) is 59.5 Å². The molecule has 0 bridgehead atoms. The molecule has 17 heavy (non-hydrogen) atoms. The predicted molar refractivity (Wildman–Crippen MR) is 62.1 cm³/mol. The summed E-state index contributed by atoms with van der Waals surface area (Å²) in [5.74, 6) is 0.202. The molecule has 5 heteroatoms. The number of amides is 2. The third-order valence-electron chi connectivity index (χ3n) is 4.04. The molecule has 2 aliphatic rings. The van der Waals surface area contributed by atoms with E-state index >= 15 is 0 Å². The largest absolute Gasteiger partial charge is 0.394 e. The van der Waals surface area contributed by atoms with Gasteiger partial charge in [-0.05, 0) is 12.3 Å². The van der Waals surface area contributed by atoms with E-state index in [1.54, 1.807) is 16.8 Å². The normalized spacial score (nSPS) is 33.6. The van der Waals surface area contributed by atoms with Gasteiger partial charge in [-0.2, -0.15) is 0 Å². The molecule has 0 aliphatic carbocycles. The van der Waals surface area contributed by atoms with Crippen molar-refractivity contribution >= 4 is 11.8 Å². The number of carbonyl (C=O) groups excluding carboxylic acids is 2. The van der Waals surface area contributed by atoms with E-state index in [0.29, 0.717) is 25.4 Å². The number of hydrogen-bond donors (Lipinski definition) is 1. The van der Waals surface area contributed by atoms with Gasteiger partial charge in [-0.1, -0.05) is 6.92 Å². The first-order valence-electron chi connectivity index (χ1n) is 6.20. The summed E-state index contributed by atoms with van der Waals surface area (Å²) in [4.78, 5) is 27.1. The van der Waals surface area contributed by atoms with Gasteiger partial charge >= 0.3 is 0 Å². The molecule has 2 aliphatic heterocycles. The molecule has 0 aromatic carbocycles. The molecule has 96 valence electrons. The molecule has 2 amide bonds. The molecule has 0 radical (unpaired) electrons. The number of nitrogens with zero attached hydrogens (tertiary/aromatic N) is 2. The minimum atomic E-state index is -0.216. The smallest absolute Gasteiger partial charge is 0.228 e. The fourth-order valence-corrected chi connectivity index (χ4v) is 2.82. The van der Waals surface area contributed by atoms with Crippen LogP contribution in [0.5, 0.6) is 0 Å². The minimum absolute atomic E-state index is 0.0173. The molecule has 2 heterocycles. The van der Waals surface area contributed by atoms with E-state index in [9.17, 15) is 14.7 Å². The molecule has 2 rings (SSSR count). The van der Waals surface area contributed by atoms with E-state index in [0.717, 1.165) is 6.42 Å². The lowest BCUT2D eigenvalue weighted by molar-refractivity contribution is -0.137. The van der Waals surface area contributed by atoms with Crippen molar-refractivity contribution in [1.82, 2.24) is 9.80 Å². The summed E-state index contributed by atoms with van der Waals surface area (Å²) in [5, 5.41) is 9.33. The summed E-state index contributed by atoms with van der Waals surface area (Å²) < 4.78 is 0. The van der Waals surface area contributed by atoms with Gasteiger partial charge in [0.05, 0.1) is 18.6 Å². The van der Waals surface area contributed by atoms with Crippen LogP contribution in [0.15, 0.2) is 0 Å². The van der Waals surface area contributed by atoms with Crippen molar-refractivity contribution in [2.45, 2.75) is 25.8 Å². The maximum Gasteiger partial charge on any atom is 0.228 e. The highest BCUT2D eigenvalue weighted by atomic mass is 16.3. The highest BCUT2D eigenvalue weighted by Gasteiger charge is 2.40. The fourth-order valence-electron chi connectivity index (χ4n) is 2.82. The van der Waals surface area contributed by atoms with Crippen LogP contribution in [0, 0.1) is 11.8 Å². The van der Waals surface area contributed by atoms with Gasteiger partial charge in [0.25, 0.3) is 0 Å². The molecular weight excluding hydrogens is 220 g/mol. The maximum atomic E-state index is 12.3. The lowest BCUT2D eigenvalue weighted by Crippen LogP contribution is -2.43. The Morgan fingerprint density at radius 3 is 2.76 bits per heavy atom. The molecule has 1 N–H and O–H groups in total. The number of rotatable bonds is 2. The average molecular weight is 240 g/mol. The van der Waals surface area contributed by atoms with E-state index in [2.05, 4.69) is 6.92 Å². The summed E-state index contributed by atoms with van der Waals surface area (Å²) >= 11 is 0. The first-order chi connectivity index (χ1) is 8.04. The van der Waals surface area contributed by atoms with Crippen molar-refractivity contribution in [1.29, 1.82) is 0 Å². The van der Waals surface area contributed by atoms with E-state index in [1.165, 1.54) is 0 Å². The summed E-state index contributed by atoms with van der Waals surface area (Å²) in [5.41, 5.74) is 0. The summed E-state index contributed by atoms with van der Waals surface area (Å²) in [6.45, 7) is 3.30. The molecule has 3 unspecified atom stereocenters. The van der Waals surface area contributed by atoms with Crippen LogP contribution in [0.25, 0.3) is 0 Å². The third kappa shape index (κ3) is 2.16. The molecule has 0 aromatic rings. The Labute approximate surface area is 101 Å².